The van der Waals surface area contributed by atoms with Gasteiger partial charge in [-0.1, -0.05) is 6.58 Å². The van der Waals surface area contributed by atoms with Crippen LogP contribution in [0.4, 0.5) is 0 Å². The Hall–Kier alpha value is -0.610. The van der Waals surface area contributed by atoms with Crippen LogP contribution in [0.25, 0.3) is 0 Å². The van der Waals surface area contributed by atoms with Crippen LogP contribution >= 0.6 is 0 Å². The average molecular weight is 230 g/mol. The molecular formula is C11H20NO2S+. The first-order chi connectivity index (χ1) is 6.87. The minimum Gasteiger partial charge on any atom is -0.293 e. The van der Waals surface area contributed by atoms with Crippen LogP contribution < -0.4 is 0 Å². The van der Waals surface area contributed by atoms with Gasteiger partial charge in [0.05, 0.1) is 19.0 Å². The fourth-order valence-corrected chi connectivity index (χ4v) is 2.56. The molecule has 0 spiro atoms. The second kappa shape index (κ2) is 4.49. The monoisotopic (exact) mass is 230 g/mol. The Balaban J connectivity index is 2.88. The minimum atomic E-state index is -3.02. The standard InChI is InChI=1S/C11H20NO2S/c1-4-11-7-5-6-8-12(11,2)9-10-15(3,13)14/h4,9-11H,1,5-8H2,2-3H3/q+1/b10-9-. The lowest BCUT2D eigenvalue weighted by atomic mass is 10.0. The molecule has 1 rings (SSSR count). The number of hydrogen-bond acceptors (Lipinski definition) is 2. The lowest BCUT2D eigenvalue weighted by Gasteiger charge is -2.40. The van der Waals surface area contributed by atoms with E-state index in [2.05, 4.69) is 13.6 Å². The molecule has 2 atom stereocenters. The van der Waals surface area contributed by atoms with E-state index in [0.29, 0.717) is 10.5 Å². The molecule has 3 nitrogen and oxygen atoms in total. The third kappa shape index (κ3) is 3.47. The van der Waals surface area contributed by atoms with Gasteiger partial charge < -0.3 is 0 Å². The molecule has 0 aromatic heterocycles. The molecule has 0 bridgehead atoms. The summed E-state index contributed by atoms with van der Waals surface area (Å²) in [5.41, 5.74) is 0. The predicted molar refractivity (Wildman–Crippen MR) is 62.9 cm³/mol. The molecular weight excluding hydrogens is 210 g/mol. The molecule has 0 aliphatic carbocycles. The molecule has 86 valence electrons. The van der Waals surface area contributed by atoms with Gasteiger partial charge in [-0.15, -0.1) is 0 Å². The summed E-state index contributed by atoms with van der Waals surface area (Å²) in [6.45, 7) is 4.81. The number of likely N-dealkylation sites (tertiary alicyclic amines) is 1. The second-order valence-corrected chi connectivity index (χ2v) is 6.42. The smallest absolute Gasteiger partial charge is 0.173 e. The number of nitrogens with zero attached hydrogens (tertiary/aromatic N) is 1. The van der Waals surface area contributed by atoms with Crippen LogP contribution in [0.5, 0.6) is 0 Å². The van der Waals surface area contributed by atoms with E-state index in [0.717, 1.165) is 19.4 Å². The summed E-state index contributed by atoms with van der Waals surface area (Å²) >= 11 is 0. The normalized spacial score (nSPS) is 33.1. The maximum absolute atomic E-state index is 11.1. The van der Waals surface area contributed by atoms with Crippen LogP contribution in [0.3, 0.4) is 0 Å². The van der Waals surface area contributed by atoms with Crippen molar-refractivity contribution in [1.82, 2.24) is 0 Å². The molecule has 0 N–H and O–H groups in total. The Morgan fingerprint density at radius 1 is 1.40 bits per heavy atom. The number of piperidine rings is 1. The van der Waals surface area contributed by atoms with E-state index < -0.39 is 9.84 Å². The Labute approximate surface area is 92.6 Å². The highest BCUT2D eigenvalue weighted by atomic mass is 32.2. The van der Waals surface area contributed by atoms with Crippen molar-refractivity contribution in [2.45, 2.75) is 25.3 Å². The van der Waals surface area contributed by atoms with Crippen LogP contribution in [-0.2, 0) is 9.84 Å². The van der Waals surface area contributed by atoms with E-state index in [4.69, 9.17) is 0 Å². The van der Waals surface area contributed by atoms with Crippen molar-refractivity contribution in [3.05, 3.63) is 24.3 Å². The number of likely N-dealkylation sites (N-methyl/N-ethyl adjacent to an activating group) is 1. The highest BCUT2D eigenvalue weighted by molar-refractivity contribution is 7.93. The van der Waals surface area contributed by atoms with Crippen LogP contribution in [0.1, 0.15) is 19.3 Å². The van der Waals surface area contributed by atoms with Gasteiger partial charge in [0.1, 0.15) is 12.2 Å². The van der Waals surface area contributed by atoms with Crippen molar-refractivity contribution >= 4 is 9.84 Å². The van der Waals surface area contributed by atoms with Gasteiger partial charge in [0.15, 0.2) is 9.84 Å². The zero-order valence-electron chi connectivity index (χ0n) is 9.52. The third-order valence-electron chi connectivity index (χ3n) is 3.07. The molecule has 1 aliphatic rings. The summed E-state index contributed by atoms with van der Waals surface area (Å²) in [5, 5.41) is 1.31. The molecule has 0 radical (unpaired) electrons. The number of sulfone groups is 1. The summed E-state index contributed by atoms with van der Waals surface area (Å²) in [6.07, 6.45) is 8.40. The van der Waals surface area contributed by atoms with Gasteiger partial charge in [0.25, 0.3) is 0 Å². The van der Waals surface area contributed by atoms with Crippen molar-refractivity contribution in [1.29, 1.82) is 0 Å². The minimum absolute atomic E-state index is 0.344. The van der Waals surface area contributed by atoms with Crippen LogP contribution in [0, 0.1) is 0 Å². The van der Waals surface area contributed by atoms with Crippen LogP contribution in [0.15, 0.2) is 24.3 Å². The van der Waals surface area contributed by atoms with E-state index in [9.17, 15) is 8.42 Å². The highest BCUT2D eigenvalue weighted by Gasteiger charge is 2.31. The van der Waals surface area contributed by atoms with E-state index in [1.807, 2.05) is 6.08 Å². The Bertz CT molecular complexity index is 359. The van der Waals surface area contributed by atoms with Gasteiger partial charge in [-0.3, -0.25) is 4.48 Å². The Morgan fingerprint density at radius 2 is 2.07 bits per heavy atom. The number of quaternary nitrogens is 1. The molecule has 0 saturated carbocycles. The maximum Gasteiger partial charge on any atom is 0.173 e. The molecule has 1 heterocycles. The number of hydrogen-bond donors (Lipinski definition) is 0. The van der Waals surface area contributed by atoms with Crippen molar-refractivity contribution in [3.63, 3.8) is 0 Å². The molecule has 4 heteroatoms. The molecule has 1 fully saturated rings. The van der Waals surface area contributed by atoms with Crippen molar-refractivity contribution in [2.24, 2.45) is 0 Å². The summed E-state index contributed by atoms with van der Waals surface area (Å²) < 4.78 is 22.8. The topological polar surface area (TPSA) is 34.1 Å². The van der Waals surface area contributed by atoms with Crippen LogP contribution in [-0.4, -0.2) is 38.8 Å². The first-order valence-electron chi connectivity index (χ1n) is 5.24. The van der Waals surface area contributed by atoms with Gasteiger partial charge >= 0.3 is 0 Å². The summed E-state index contributed by atoms with van der Waals surface area (Å²) in [5.74, 6) is 0. The number of rotatable bonds is 3. The lowest BCUT2D eigenvalue weighted by molar-refractivity contribution is -0.883. The maximum atomic E-state index is 11.1. The molecule has 0 amide bonds. The Morgan fingerprint density at radius 3 is 2.60 bits per heavy atom. The van der Waals surface area contributed by atoms with Gasteiger partial charge in [-0.05, 0) is 18.9 Å². The Kier molecular flexibility index (Phi) is 3.73. The SMILES string of the molecule is C=CC1CCCC[N+]1(C)/C=C\S(C)(=O)=O. The van der Waals surface area contributed by atoms with E-state index in [1.54, 1.807) is 6.20 Å². The van der Waals surface area contributed by atoms with Gasteiger partial charge in [-0.2, -0.15) is 0 Å². The van der Waals surface area contributed by atoms with E-state index in [-0.39, 0.29) is 0 Å². The van der Waals surface area contributed by atoms with Gasteiger partial charge in [0.2, 0.25) is 0 Å². The highest BCUT2D eigenvalue weighted by Crippen LogP contribution is 2.25. The van der Waals surface area contributed by atoms with Crippen molar-refractivity contribution < 1.29 is 12.9 Å². The first kappa shape index (κ1) is 12.5. The van der Waals surface area contributed by atoms with Crippen molar-refractivity contribution in [2.75, 3.05) is 19.8 Å². The first-order valence-corrected chi connectivity index (χ1v) is 7.19. The summed E-state index contributed by atoms with van der Waals surface area (Å²) in [6, 6.07) is 0.344. The summed E-state index contributed by atoms with van der Waals surface area (Å²) in [7, 11) is -0.961. The third-order valence-corrected chi connectivity index (χ3v) is 3.68. The largest absolute Gasteiger partial charge is 0.293 e. The average Bonchev–Trinajstić information content (AvgIpc) is 2.15. The molecule has 1 saturated heterocycles. The fourth-order valence-electron chi connectivity index (χ4n) is 2.06. The fraction of sp³-hybridized carbons (Fsp3) is 0.636. The predicted octanol–water partition coefficient (Wildman–Crippen LogP) is 1.69. The van der Waals surface area contributed by atoms with E-state index >= 15 is 0 Å². The molecule has 15 heavy (non-hydrogen) atoms. The lowest BCUT2D eigenvalue weighted by Crippen LogP contribution is -2.49. The molecule has 2 unspecified atom stereocenters. The molecule has 1 aliphatic heterocycles. The van der Waals surface area contributed by atoms with Crippen LogP contribution in [0.2, 0.25) is 0 Å². The van der Waals surface area contributed by atoms with Crippen molar-refractivity contribution in [3.8, 4) is 0 Å². The molecule has 0 aromatic rings. The van der Waals surface area contributed by atoms with Gasteiger partial charge in [0, 0.05) is 12.7 Å². The molecule has 0 aromatic carbocycles. The zero-order valence-corrected chi connectivity index (χ0v) is 10.3. The summed E-state index contributed by atoms with van der Waals surface area (Å²) in [4.78, 5) is 0. The zero-order chi connectivity index (χ0) is 11.5. The van der Waals surface area contributed by atoms with Gasteiger partial charge in [-0.25, -0.2) is 8.42 Å². The van der Waals surface area contributed by atoms with E-state index in [1.165, 1.54) is 18.1 Å². The second-order valence-electron chi connectivity index (χ2n) is 4.48. The quantitative estimate of drug-likeness (QED) is 0.546.